The molecule has 0 bridgehead atoms. The number of nitrogens with zero attached hydrogens (tertiary/aromatic N) is 2. The maximum atomic E-state index is 13.8. The first-order valence-corrected chi connectivity index (χ1v) is 11.6. The Balaban J connectivity index is 0.00000380. The lowest BCUT2D eigenvalue weighted by Crippen LogP contribution is -2.40. The van der Waals surface area contributed by atoms with Gasteiger partial charge in [-0.15, -0.1) is 11.3 Å². The molecule has 2 heterocycles. The first-order valence-electron chi connectivity index (χ1n) is 10.8. The molecule has 0 saturated heterocycles. The van der Waals surface area contributed by atoms with Crippen molar-refractivity contribution < 1.29 is 19.1 Å². The molecule has 3 aromatic rings. The van der Waals surface area contributed by atoms with Gasteiger partial charge in [-0.05, 0) is 36.8 Å². The largest absolute Gasteiger partial charge is 0.497 e. The molecule has 0 saturated carbocycles. The van der Waals surface area contributed by atoms with Gasteiger partial charge in [0.05, 0.1) is 37.4 Å². The number of methoxy groups -OCH3 is 2. The van der Waals surface area contributed by atoms with E-state index in [0.29, 0.717) is 17.0 Å². The number of ether oxygens (including phenoxy) is 2. The summed E-state index contributed by atoms with van der Waals surface area (Å²) in [6, 6.07) is 16.2. The number of aryl methyl sites for hydroxylation is 1. The number of anilines is 1. The lowest BCUT2D eigenvalue weighted by Gasteiger charge is -2.25. The Kier molecular flexibility index (Phi) is 8.00. The van der Waals surface area contributed by atoms with Gasteiger partial charge in [-0.2, -0.15) is 5.26 Å². The third-order valence-corrected chi connectivity index (χ3v) is 6.81. The van der Waals surface area contributed by atoms with Gasteiger partial charge in [0, 0.05) is 11.8 Å². The fourth-order valence-electron chi connectivity index (χ4n) is 3.92. The van der Waals surface area contributed by atoms with E-state index in [9.17, 15) is 19.6 Å². The van der Waals surface area contributed by atoms with Crippen molar-refractivity contribution in [3.63, 3.8) is 0 Å². The van der Waals surface area contributed by atoms with Crippen molar-refractivity contribution in [2.45, 2.75) is 20.3 Å². The molecule has 1 aliphatic heterocycles. The van der Waals surface area contributed by atoms with Gasteiger partial charge < -0.3 is 20.5 Å². The highest BCUT2D eigenvalue weighted by Gasteiger charge is 2.36. The Hall–Kier alpha value is -4.62. The van der Waals surface area contributed by atoms with Gasteiger partial charge in [0.2, 0.25) is 0 Å². The molecule has 1 atom stereocenters. The molecule has 10 heteroatoms. The fraction of sp³-hybridized carbons (Fsp3) is 0.185. The molecule has 1 unspecified atom stereocenters. The highest BCUT2D eigenvalue weighted by Crippen LogP contribution is 2.37. The minimum Gasteiger partial charge on any atom is -0.497 e. The molecule has 2 aromatic carbocycles. The van der Waals surface area contributed by atoms with Crippen LogP contribution in [0, 0.1) is 18.3 Å². The zero-order valence-corrected chi connectivity index (χ0v) is 20.5. The molecule has 0 spiro atoms. The molecule has 190 valence electrons. The second-order valence-corrected chi connectivity index (χ2v) is 8.96. The molecule has 4 rings (SSSR count). The van der Waals surface area contributed by atoms with E-state index >= 15 is 0 Å². The van der Waals surface area contributed by atoms with Crippen LogP contribution in [0.2, 0.25) is 0 Å². The van der Waals surface area contributed by atoms with Crippen molar-refractivity contribution in [2.75, 3.05) is 19.5 Å². The summed E-state index contributed by atoms with van der Waals surface area (Å²) >= 11 is 0.921. The second-order valence-electron chi connectivity index (χ2n) is 7.93. The summed E-state index contributed by atoms with van der Waals surface area (Å²) in [5.41, 5.74) is 8.00. The average Bonchev–Trinajstić information content (AvgIpc) is 3.20. The minimum atomic E-state index is -0.889. The number of esters is 1. The Labute approximate surface area is 217 Å². The van der Waals surface area contributed by atoms with E-state index in [2.05, 4.69) is 16.1 Å². The fourth-order valence-corrected chi connectivity index (χ4v) is 5.06. The number of allylic oxidation sites excluding steroid dienone is 1. The first-order chi connectivity index (χ1) is 17.3. The summed E-state index contributed by atoms with van der Waals surface area (Å²) in [6.07, 6.45) is 1.04. The van der Waals surface area contributed by atoms with Gasteiger partial charge in [0.25, 0.3) is 11.5 Å². The number of aromatic nitrogens is 1. The predicted molar refractivity (Wildman–Crippen MR) is 143 cm³/mol. The molecule has 1 aliphatic rings. The van der Waals surface area contributed by atoms with Crippen LogP contribution in [0.1, 0.15) is 24.5 Å². The number of fused-ring (bicyclic) bond motifs is 1. The van der Waals surface area contributed by atoms with Crippen molar-refractivity contribution in [1.82, 2.24) is 4.57 Å². The molecular weight excluding hydrogens is 492 g/mol. The molecule has 3 N–H and O–H groups in total. The van der Waals surface area contributed by atoms with Crippen LogP contribution in [0.3, 0.4) is 0 Å². The smallest absolute Gasteiger partial charge is 0.332 e. The average molecular weight is 519 g/mol. The number of thiazole rings is 1. The third-order valence-electron chi connectivity index (χ3n) is 5.70. The van der Waals surface area contributed by atoms with Gasteiger partial charge in [-0.3, -0.25) is 14.2 Å². The van der Waals surface area contributed by atoms with Gasteiger partial charge in [-0.25, -0.2) is 4.79 Å². The topological polar surface area (TPSA) is 136 Å². The zero-order chi connectivity index (χ0) is 26.0. The van der Waals surface area contributed by atoms with Crippen LogP contribution in [-0.2, 0) is 14.3 Å². The van der Waals surface area contributed by atoms with Crippen LogP contribution in [0.5, 0.6) is 5.75 Å². The van der Waals surface area contributed by atoms with Gasteiger partial charge in [-0.1, -0.05) is 37.3 Å². The highest BCUT2D eigenvalue weighted by molar-refractivity contribution is 7.07. The summed E-state index contributed by atoms with van der Waals surface area (Å²) in [5.74, 6) is -1.73. The number of nitrogens with two attached hydrogens (primary N) is 1. The minimum absolute atomic E-state index is 0. The van der Waals surface area contributed by atoms with E-state index in [4.69, 9.17) is 10.5 Å². The number of rotatable bonds is 5. The monoisotopic (exact) mass is 518 g/mol. The van der Waals surface area contributed by atoms with E-state index in [1.54, 1.807) is 36.4 Å². The molecule has 0 aliphatic carbocycles. The molecule has 37 heavy (non-hydrogen) atoms. The number of carbonyl (C=O) groups excluding carboxylic acids is 2. The first kappa shape index (κ1) is 27.0. The van der Waals surface area contributed by atoms with Crippen LogP contribution < -0.4 is 30.5 Å². The number of hydrogen-bond donors (Lipinski definition) is 2. The Morgan fingerprint density at radius 1 is 1.19 bits per heavy atom. The SMILES string of the molecule is C.COC(=O)/C=c1\sc2n(c1=O)C(N)=C(C#N)C(c1cccc(OC)c1)C=2C(=O)Nc1ccc(C)cc1. The number of amides is 1. The second kappa shape index (κ2) is 11.0. The third kappa shape index (κ3) is 5.03. The van der Waals surface area contributed by atoms with Gasteiger partial charge in [0.1, 0.15) is 20.8 Å². The number of nitrogens with one attached hydrogen (secondary N) is 1. The maximum absolute atomic E-state index is 13.8. The molecule has 0 fully saturated rings. The van der Waals surface area contributed by atoms with Gasteiger partial charge in [0.15, 0.2) is 0 Å². The van der Waals surface area contributed by atoms with Crippen LogP contribution >= 0.6 is 11.3 Å². The van der Waals surface area contributed by atoms with Gasteiger partial charge >= 0.3 is 5.97 Å². The highest BCUT2D eigenvalue weighted by atomic mass is 32.1. The van der Waals surface area contributed by atoms with Crippen molar-refractivity contribution in [1.29, 1.82) is 5.26 Å². The van der Waals surface area contributed by atoms with E-state index in [-0.39, 0.29) is 33.6 Å². The Bertz CT molecular complexity index is 1620. The van der Waals surface area contributed by atoms with Crippen molar-refractivity contribution in [3.8, 4) is 11.8 Å². The number of carbonyl (C=O) groups is 2. The number of benzene rings is 2. The summed E-state index contributed by atoms with van der Waals surface area (Å²) in [5, 5.41) is 12.9. The number of hydrogen-bond acceptors (Lipinski definition) is 8. The van der Waals surface area contributed by atoms with Crippen LogP contribution in [-0.4, -0.2) is 30.7 Å². The standard InChI is InChI=1S/C26H22N4O5S.CH4/c1-14-7-9-16(10-8-14)29-24(32)22-21(15-5-4-6-17(11-15)34-2)18(13-27)23(28)30-25(33)19(36-26(22)30)12-20(31)35-3;/h4-12,21H,28H2,1-3H3,(H,29,32);1H4/b19-12-;. The van der Waals surface area contributed by atoms with Crippen LogP contribution in [0.4, 0.5) is 5.69 Å². The summed E-state index contributed by atoms with van der Waals surface area (Å²) < 4.78 is 11.3. The summed E-state index contributed by atoms with van der Waals surface area (Å²) in [4.78, 5) is 38.8. The molecule has 0 radical (unpaired) electrons. The lowest BCUT2D eigenvalue weighted by atomic mass is 9.83. The van der Waals surface area contributed by atoms with E-state index in [0.717, 1.165) is 27.5 Å². The molecular formula is C27H26N4O5S. The summed E-state index contributed by atoms with van der Waals surface area (Å²) in [7, 11) is 2.70. The van der Waals surface area contributed by atoms with E-state index in [1.807, 2.05) is 19.1 Å². The lowest BCUT2D eigenvalue weighted by molar-refractivity contribution is -0.133. The molecule has 9 nitrogen and oxygen atoms in total. The van der Waals surface area contributed by atoms with Crippen molar-refractivity contribution >= 4 is 46.4 Å². The van der Waals surface area contributed by atoms with Crippen molar-refractivity contribution in [2.24, 2.45) is 5.73 Å². The quantitative estimate of drug-likeness (QED) is 0.493. The Morgan fingerprint density at radius 2 is 1.89 bits per heavy atom. The maximum Gasteiger partial charge on any atom is 0.332 e. The van der Waals surface area contributed by atoms with Crippen molar-refractivity contribution in [3.05, 3.63) is 84.8 Å². The zero-order valence-electron chi connectivity index (χ0n) is 19.7. The number of nitriles is 1. The van der Waals surface area contributed by atoms with E-state index in [1.165, 1.54) is 14.2 Å². The van der Waals surface area contributed by atoms with Crippen LogP contribution in [0.15, 0.2) is 58.9 Å². The van der Waals surface area contributed by atoms with E-state index < -0.39 is 23.4 Å². The molecule has 1 amide bonds. The predicted octanol–water partition coefficient (Wildman–Crippen LogP) is 2.05. The van der Waals surface area contributed by atoms with Crippen LogP contribution in [0.25, 0.3) is 17.5 Å². The molecule has 1 aromatic heterocycles. The Morgan fingerprint density at radius 3 is 2.51 bits per heavy atom. The summed E-state index contributed by atoms with van der Waals surface area (Å²) in [6.45, 7) is 1.93. The normalized spacial score (nSPS) is 14.8.